The summed E-state index contributed by atoms with van der Waals surface area (Å²) in [6.45, 7) is 6.42. The first-order valence-electron chi connectivity index (χ1n) is 29.0. The minimum atomic E-state index is -0.809. The molecule has 1 unspecified atom stereocenters. The van der Waals surface area contributed by atoms with Gasteiger partial charge in [0.1, 0.15) is 13.2 Å². The molecule has 0 aromatic heterocycles. The lowest BCUT2D eigenvalue weighted by Gasteiger charge is -2.18. The summed E-state index contributed by atoms with van der Waals surface area (Å²) < 4.78 is 16.8. The molecule has 0 amide bonds. The highest BCUT2D eigenvalue weighted by molar-refractivity contribution is 5.71. The van der Waals surface area contributed by atoms with Crippen LogP contribution in [0.25, 0.3) is 0 Å². The van der Waals surface area contributed by atoms with E-state index in [4.69, 9.17) is 14.2 Å². The van der Waals surface area contributed by atoms with Crippen LogP contribution in [0.1, 0.15) is 252 Å². The van der Waals surface area contributed by atoms with Crippen molar-refractivity contribution in [1.29, 1.82) is 0 Å². The molecule has 0 radical (unpaired) electrons. The van der Waals surface area contributed by atoms with Gasteiger partial charge in [0.25, 0.3) is 0 Å². The number of allylic oxidation sites excluding steroid dienone is 20. The molecule has 0 aliphatic carbocycles. The predicted molar refractivity (Wildman–Crippen MR) is 306 cm³/mol. The van der Waals surface area contributed by atoms with Gasteiger partial charge in [-0.15, -0.1) is 0 Å². The summed E-state index contributed by atoms with van der Waals surface area (Å²) >= 11 is 0. The molecule has 0 heterocycles. The van der Waals surface area contributed by atoms with Gasteiger partial charge in [0.05, 0.1) is 0 Å². The maximum absolute atomic E-state index is 12.9. The van der Waals surface area contributed by atoms with Gasteiger partial charge in [-0.25, -0.2) is 0 Å². The average molecular weight is 984 g/mol. The number of hydrogen-bond acceptors (Lipinski definition) is 6. The van der Waals surface area contributed by atoms with E-state index < -0.39 is 6.10 Å². The number of carbonyl (C=O) groups excluding carboxylic acids is 3. The number of rotatable bonds is 51. The Morgan fingerprint density at radius 2 is 0.549 bits per heavy atom. The van der Waals surface area contributed by atoms with Gasteiger partial charge in [0, 0.05) is 19.3 Å². The molecule has 0 aliphatic heterocycles. The van der Waals surface area contributed by atoms with Crippen LogP contribution in [0.15, 0.2) is 122 Å². The number of ether oxygens (including phenoxy) is 3. The summed E-state index contributed by atoms with van der Waals surface area (Å²) in [5.41, 5.74) is 0. The van der Waals surface area contributed by atoms with Gasteiger partial charge >= 0.3 is 17.9 Å². The van der Waals surface area contributed by atoms with E-state index in [9.17, 15) is 14.4 Å². The molecule has 1 atom stereocenters. The van der Waals surface area contributed by atoms with Gasteiger partial charge in [-0.05, 0) is 135 Å². The third-order valence-corrected chi connectivity index (χ3v) is 11.9. The van der Waals surface area contributed by atoms with E-state index in [1.54, 1.807) is 0 Å². The quantitative estimate of drug-likeness (QED) is 0.0261. The van der Waals surface area contributed by atoms with Crippen molar-refractivity contribution in [2.24, 2.45) is 0 Å². The minimum absolute atomic E-state index is 0.105. The van der Waals surface area contributed by atoms with Crippen LogP contribution >= 0.6 is 0 Å². The highest BCUT2D eigenvalue weighted by atomic mass is 16.6. The molecule has 0 N–H and O–H groups in total. The van der Waals surface area contributed by atoms with Crippen LogP contribution < -0.4 is 0 Å². The number of unbranched alkanes of at least 4 members (excludes halogenated alkanes) is 20. The molecule has 0 aromatic carbocycles. The second-order valence-electron chi connectivity index (χ2n) is 18.8. The second kappa shape index (κ2) is 58.4. The fourth-order valence-electron chi connectivity index (χ4n) is 7.56. The molecule has 402 valence electrons. The zero-order valence-electron chi connectivity index (χ0n) is 45.9. The van der Waals surface area contributed by atoms with Crippen molar-refractivity contribution in [3.05, 3.63) is 122 Å². The molecule has 0 spiro atoms. The maximum Gasteiger partial charge on any atom is 0.306 e. The molecular formula is C65H106O6. The zero-order chi connectivity index (χ0) is 51.4. The maximum atomic E-state index is 12.9. The Kier molecular flexibility index (Phi) is 54.9. The van der Waals surface area contributed by atoms with Crippen LogP contribution in [0.3, 0.4) is 0 Å². The van der Waals surface area contributed by atoms with E-state index in [0.717, 1.165) is 148 Å². The monoisotopic (exact) mass is 983 g/mol. The molecule has 0 aromatic rings. The van der Waals surface area contributed by atoms with Crippen molar-refractivity contribution in [2.75, 3.05) is 13.2 Å². The van der Waals surface area contributed by atoms with Crippen molar-refractivity contribution in [3.8, 4) is 0 Å². The van der Waals surface area contributed by atoms with Crippen LogP contribution in [0, 0.1) is 0 Å². The zero-order valence-corrected chi connectivity index (χ0v) is 45.9. The molecule has 6 heteroatoms. The molecule has 6 nitrogen and oxygen atoms in total. The van der Waals surface area contributed by atoms with Crippen LogP contribution in [-0.4, -0.2) is 37.2 Å². The normalized spacial score (nSPS) is 13.0. The van der Waals surface area contributed by atoms with Crippen molar-refractivity contribution >= 4 is 17.9 Å². The molecule has 0 aliphatic rings. The molecule has 0 saturated heterocycles. The lowest BCUT2D eigenvalue weighted by atomic mass is 10.1. The summed E-state index contributed by atoms with van der Waals surface area (Å²) in [6.07, 6.45) is 80.4. The standard InChI is InChI=1S/C65H106O6/c1-4-7-10-13-16-19-22-25-28-30-32-34-37-40-43-46-49-52-55-58-64(67)70-61-62(60-69-63(66)57-54-51-48-45-42-39-36-27-24-21-18-15-12-9-6-3)71-65(68)59-56-53-50-47-44-41-38-35-33-31-29-26-23-20-17-14-11-8-5-2/h7,10,16-21,25-29,32-36,40,43,62H,4-6,8-9,11-15,22-24,30-31,37-39,41-42,44-61H2,1-3H3/b10-7-,19-16-,20-17-,21-18-,28-25-,29-26-,34-32-,35-33-,36-27-,43-40-. The second-order valence-corrected chi connectivity index (χ2v) is 18.8. The Bertz CT molecular complexity index is 1500. The van der Waals surface area contributed by atoms with E-state index in [1.165, 1.54) is 64.2 Å². The first kappa shape index (κ1) is 66.8. The van der Waals surface area contributed by atoms with Gasteiger partial charge in [-0.2, -0.15) is 0 Å². The Morgan fingerprint density at radius 1 is 0.296 bits per heavy atom. The summed E-state index contributed by atoms with van der Waals surface area (Å²) in [7, 11) is 0. The predicted octanol–water partition coefficient (Wildman–Crippen LogP) is 19.6. The molecular weight excluding hydrogens is 877 g/mol. The minimum Gasteiger partial charge on any atom is -0.462 e. The third kappa shape index (κ3) is 56.6. The van der Waals surface area contributed by atoms with E-state index in [0.29, 0.717) is 19.3 Å². The van der Waals surface area contributed by atoms with E-state index in [2.05, 4.69) is 142 Å². The summed E-state index contributed by atoms with van der Waals surface area (Å²) in [4.78, 5) is 38.2. The molecule has 0 saturated carbocycles. The summed E-state index contributed by atoms with van der Waals surface area (Å²) in [6, 6.07) is 0. The number of hydrogen-bond donors (Lipinski definition) is 0. The Balaban J connectivity index is 4.52. The van der Waals surface area contributed by atoms with Crippen molar-refractivity contribution in [3.63, 3.8) is 0 Å². The van der Waals surface area contributed by atoms with Crippen molar-refractivity contribution in [2.45, 2.75) is 258 Å². The largest absolute Gasteiger partial charge is 0.462 e. The van der Waals surface area contributed by atoms with Crippen LogP contribution in [0.2, 0.25) is 0 Å². The lowest BCUT2D eigenvalue weighted by molar-refractivity contribution is -0.167. The Morgan fingerprint density at radius 3 is 0.873 bits per heavy atom. The third-order valence-electron chi connectivity index (χ3n) is 11.9. The first-order valence-corrected chi connectivity index (χ1v) is 29.0. The summed E-state index contributed by atoms with van der Waals surface area (Å²) in [5, 5.41) is 0. The summed E-state index contributed by atoms with van der Waals surface area (Å²) in [5.74, 6) is -0.964. The Hall–Kier alpha value is -4.19. The molecule has 0 rings (SSSR count). The van der Waals surface area contributed by atoms with Crippen LogP contribution in [0.4, 0.5) is 0 Å². The highest BCUT2D eigenvalue weighted by Gasteiger charge is 2.19. The fraction of sp³-hybridized carbons (Fsp3) is 0.646. The van der Waals surface area contributed by atoms with Crippen molar-refractivity contribution in [1.82, 2.24) is 0 Å². The molecule has 0 bridgehead atoms. The number of carbonyl (C=O) groups is 3. The van der Waals surface area contributed by atoms with E-state index >= 15 is 0 Å². The topological polar surface area (TPSA) is 78.9 Å². The van der Waals surface area contributed by atoms with Crippen molar-refractivity contribution < 1.29 is 28.6 Å². The van der Waals surface area contributed by atoms with E-state index in [1.807, 2.05) is 0 Å². The fourth-order valence-corrected chi connectivity index (χ4v) is 7.56. The highest BCUT2D eigenvalue weighted by Crippen LogP contribution is 2.13. The van der Waals surface area contributed by atoms with Gasteiger partial charge in [0.2, 0.25) is 0 Å². The van der Waals surface area contributed by atoms with Gasteiger partial charge in [-0.1, -0.05) is 219 Å². The van der Waals surface area contributed by atoms with Crippen LogP contribution in [-0.2, 0) is 28.6 Å². The molecule has 0 fully saturated rings. The van der Waals surface area contributed by atoms with Crippen LogP contribution in [0.5, 0.6) is 0 Å². The number of esters is 3. The smallest absolute Gasteiger partial charge is 0.306 e. The average Bonchev–Trinajstić information content (AvgIpc) is 3.37. The Labute approximate surface area is 437 Å². The first-order chi connectivity index (χ1) is 35.0. The van der Waals surface area contributed by atoms with Gasteiger partial charge in [-0.3, -0.25) is 14.4 Å². The lowest BCUT2D eigenvalue weighted by Crippen LogP contribution is -2.30. The SMILES string of the molecule is CC/C=C\C/C=C\C/C=C\C/C=C\C/C=C\CCCCCC(=O)OCC(COC(=O)CCCCCCC/C=C\C/C=C\CCCCC)OC(=O)CCCCCCCC/C=C\C/C=C\C/C=C\CCCCC. The van der Waals surface area contributed by atoms with E-state index in [-0.39, 0.29) is 31.1 Å². The molecule has 71 heavy (non-hydrogen) atoms. The van der Waals surface area contributed by atoms with Gasteiger partial charge < -0.3 is 14.2 Å². The van der Waals surface area contributed by atoms with Gasteiger partial charge in [0.15, 0.2) is 6.10 Å².